The van der Waals surface area contributed by atoms with Crippen molar-refractivity contribution in [3.05, 3.63) is 57.7 Å². The number of benzene rings is 2. The van der Waals surface area contributed by atoms with Crippen molar-refractivity contribution in [3.63, 3.8) is 0 Å². The summed E-state index contributed by atoms with van der Waals surface area (Å²) in [5, 5.41) is 12.7. The van der Waals surface area contributed by atoms with E-state index in [0.717, 1.165) is 5.69 Å². The van der Waals surface area contributed by atoms with Gasteiger partial charge in [-0.05, 0) is 59.3 Å². The van der Waals surface area contributed by atoms with Gasteiger partial charge >= 0.3 is 0 Å². The van der Waals surface area contributed by atoms with Gasteiger partial charge in [-0.1, -0.05) is 18.2 Å². The van der Waals surface area contributed by atoms with Gasteiger partial charge in [0, 0.05) is 21.4 Å². The average molecular weight is 339 g/mol. The number of nitrogens with one attached hydrogen (secondary N) is 1. The molecule has 0 aliphatic rings. The van der Waals surface area contributed by atoms with Crippen LogP contribution in [0.15, 0.2) is 48.5 Å². The van der Waals surface area contributed by atoms with Crippen LogP contribution in [0.1, 0.15) is 18.5 Å². The van der Waals surface area contributed by atoms with Crippen molar-refractivity contribution in [1.82, 2.24) is 0 Å². The van der Waals surface area contributed by atoms with Gasteiger partial charge in [0.1, 0.15) is 5.75 Å². The topological polar surface area (TPSA) is 32.3 Å². The highest BCUT2D eigenvalue weighted by molar-refractivity contribution is 14.1. The number of aromatic hydroxyl groups is 1. The van der Waals surface area contributed by atoms with E-state index in [0.29, 0.717) is 0 Å². The first kappa shape index (κ1) is 12.2. The van der Waals surface area contributed by atoms with Gasteiger partial charge in [0.25, 0.3) is 0 Å². The number of phenols is 1. The summed E-state index contributed by atoms with van der Waals surface area (Å²) in [6, 6.07) is 15.8. The van der Waals surface area contributed by atoms with E-state index < -0.39 is 0 Å². The van der Waals surface area contributed by atoms with Crippen molar-refractivity contribution in [1.29, 1.82) is 0 Å². The summed E-state index contributed by atoms with van der Waals surface area (Å²) < 4.78 is 1.23. The van der Waals surface area contributed by atoms with Crippen LogP contribution in [0.2, 0.25) is 0 Å². The molecule has 3 heteroatoms. The smallest absolute Gasteiger partial charge is 0.117 e. The number of hydrogen-bond acceptors (Lipinski definition) is 2. The number of halogens is 1. The quantitative estimate of drug-likeness (QED) is 0.823. The van der Waals surface area contributed by atoms with E-state index in [1.807, 2.05) is 12.1 Å². The predicted molar refractivity (Wildman–Crippen MR) is 79.3 cm³/mol. The first-order valence-electron chi connectivity index (χ1n) is 5.46. The Morgan fingerprint density at radius 2 is 1.82 bits per heavy atom. The fourth-order valence-corrected chi connectivity index (χ4v) is 2.04. The Kier molecular flexibility index (Phi) is 3.89. The number of hydrogen-bond donors (Lipinski definition) is 2. The second-order valence-corrected chi connectivity index (χ2v) is 5.21. The van der Waals surface area contributed by atoms with Gasteiger partial charge in [0.15, 0.2) is 0 Å². The van der Waals surface area contributed by atoms with Crippen molar-refractivity contribution in [3.8, 4) is 5.75 Å². The summed E-state index contributed by atoms with van der Waals surface area (Å²) in [6.07, 6.45) is 0. The van der Waals surface area contributed by atoms with Crippen LogP contribution in [-0.2, 0) is 0 Å². The molecular formula is C14H14INO. The zero-order valence-electron chi connectivity index (χ0n) is 9.52. The summed E-state index contributed by atoms with van der Waals surface area (Å²) in [5.74, 6) is 0.282. The van der Waals surface area contributed by atoms with Gasteiger partial charge in [-0.3, -0.25) is 0 Å². The summed E-state index contributed by atoms with van der Waals surface area (Å²) in [4.78, 5) is 0. The normalized spacial score (nSPS) is 12.1. The van der Waals surface area contributed by atoms with Crippen molar-refractivity contribution in [2.75, 3.05) is 5.32 Å². The minimum atomic E-state index is 0.216. The summed E-state index contributed by atoms with van der Waals surface area (Å²) >= 11 is 2.29. The minimum absolute atomic E-state index is 0.216. The van der Waals surface area contributed by atoms with Crippen LogP contribution >= 0.6 is 22.6 Å². The minimum Gasteiger partial charge on any atom is -0.508 e. The molecule has 0 radical (unpaired) electrons. The largest absolute Gasteiger partial charge is 0.508 e. The highest BCUT2D eigenvalue weighted by atomic mass is 127. The Morgan fingerprint density at radius 3 is 2.47 bits per heavy atom. The molecule has 2 nitrogen and oxygen atoms in total. The Bertz CT molecular complexity index is 496. The molecule has 2 aromatic rings. The summed E-state index contributed by atoms with van der Waals surface area (Å²) in [7, 11) is 0. The first-order valence-corrected chi connectivity index (χ1v) is 6.54. The van der Waals surface area contributed by atoms with Crippen molar-refractivity contribution < 1.29 is 5.11 Å². The number of anilines is 1. The van der Waals surface area contributed by atoms with Crippen LogP contribution in [0.25, 0.3) is 0 Å². The van der Waals surface area contributed by atoms with Crippen LogP contribution in [-0.4, -0.2) is 5.11 Å². The zero-order chi connectivity index (χ0) is 12.3. The average Bonchev–Trinajstić information content (AvgIpc) is 2.29. The lowest BCUT2D eigenvalue weighted by atomic mass is 10.1. The second kappa shape index (κ2) is 5.40. The molecule has 1 unspecified atom stereocenters. The number of phenolic OH excluding ortho intramolecular Hbond substituents is 1. The lowest BCUT2D eigenvalue weighted by molar-refractivity contribution is 0.475. The van der Waals surface area contributed by atoms with Crippen LogP contribution < -0.4 is 5.32 Å². The van der Waals surface area contributed by atoms with E-state index in [4.69, 9.17) is 0 Å². The molecule has 2 N–H and O–H groups in total. The van der Waals surface area contributed by atoms with Gasteiger partial charge in [-0.2, -0.15) is 0 Å². The van der Waals surface area contributed by atoms with Crippen LogP contribution in [0.3, 0.4) is 0 Å². The fourth-order valence-electron chi connectivity index (χ4n) is 1.68. The Labute approximate surface area is 115 Å². The summed E-state index contributed by atoms with van der Waals surface area (Å²) in [5.41, 5.74) is 2.16. The van der Waals surface area contributed by atoms with Gasteiger partial charge in [0.2, 0.25) is 0 Å². The molecule has 88 valence electrons. The van der Waals surface area contributed by atoms with Crippen LogP contribution in [0.5, 0.6) is 5.75 Å². The summed E-state index contributed by atoms with van der Waals surface area (Å²) in [6.45, 7) is 2.10. The molecule has 0 aromatic heterocycles. The Balaban J connectivity index is 2.11. The standard InChI is InChI=1S/C14H14INO/c1-10(11-5-7-12(15)8-6-11)16-13-3-2-4-14(17)9-13/h2-10,16-17H,1H3. The van der Waals surface area contributed by atoms with Crippen molar-refractivity contribution >= 4 is 28.3 Å². The lowest BCUT2D eigenvalue weighted by Crippen LogP contribution is -2.06. The molecule has 2 rings (SSSR count). The molecule has 0 heterocycles. The molecule has 2 aromatic carbocycles. The molecule has 0 aliphatic carbocycles. The predicted octanol–water partition coefficient (Wildman–Crippen LogP) is 4.17. The molecule has 0 saturated heterocycles. The Morgan fingerprint density at radius 1 is 1.12 bits per heavy atom. The molecule has 1 atom stereocenters. The van der Waals surface area contributed by atoms with E-state index in [1.165, 1.54) is 9.13 Å². The van der Waals surface area contributed by atoms with E-state index in [9.17, 15) is 5.11 Å². The third-order valence-corrected chi connectivity index (χ3v) is 3.32. The molecule has 0 fully saturated rings. The maximum absolute atomic E-state index is 9.39. The highest BCUT2D eigenvalue weighted by Crippen LogP contribution is 2.22. The van der Waals surface area contributed by atoms with Gasteiger partial charge < -0.3 is 10.4 Å². The second-order valence-electron chi connectivity index (χ2n) is 3.97. The Hall–Kier alpha value is -1.23. The third-order valence-electron chi connectivity index (χ3n) is 2.60. The van der Waals surface area contributed by atoms with Crippen LogP contribution in [0, 0.1) is 3.57 Å². The first-order chi connectivity index (χ1) is 8.15. The lowest BCUT2D eigenvalue weighted by Gasteiger charge is -2.15. The maximum Gasteiger partial charge on any atom is 0.117 e. The van der Waals surface area contributed by atoms with E-state index >= 15 is 0 Å². The third kappa shape index (κ3) is 3.36. The van der Waals surface area contributed by atoms with Crippen molar-refractivity contribution in [2.45, 2.75) is 13.0 Å². The number of rotatable bonds is 3. The monoisotopic (exact) mass is 339 g/mol. The maximum atomic E-state index is 9.39. The van der Waals surface area contributed by atoms with E-state index in [1.54, 1.807) is 12.1 Å². The fraction of sp³-hybridized carbons (Fsp3) is 0.143. The SMILES string of the molecule is CC(Nc1cccc(O)c1)c1ccc(I)cc1. The van der Waals surface area contributed by atoms with E-state index in [-0.39, 0.29) is 11.8 Å². The van der Waals surface area contributed by atoms with Gasteiger partial charge in [0.05, 0.1) is 0 Å². The highest BCUT2D eigenvalue weighted by Gasteiger charge is 2.05. The molecule has 0 aliphatic heterocycles. The molecule has 0 amide bonds. The molecule has 0 saturated carbocycles. The molecular weight excluding hydrogens is 325 g/mol. The van der Waals surface area contributed by atoms with Crippen molar-refractivity contribution in [2.24, 2.45) is 0 Å². The molecule has 0 bridgehead atoms. The van der Waals surface area contributed by atoms with E-state index in [2.05, 4.69) is 59.1 Å². The van der Waals surface area contributed by atoms with Gasteiger partial charge in [-0.15, -0.1) is 0 Å². The van der Waals surface area contributed by atoms with Crippen LogP contribution in [0.4, 0.5) is 5.69 Å². The molecule has 0 spiro atoms. The van der Waals surface area contributed by atoms with Gasteiger partial charge in [-0.25, -0.2) is 0 Å². The molecule has 17 heavy (non-hydrogen) atoms. The zero-order valence-corrected chi connectivity index (χ0v) is 11.7.